The Labute approximate surface area is 80.5 Å². The van der Waals surface area contributed by atoms with Crippen LogP contribution in [0.2, 0.25) is 0 Å². The second-order valence-corrected chi connectivity index (χ2v) is 13.5. The van der Waals surface area contributed by atoms with Gasteiger partial charge < -0.3 is 4.18 Å². The van der Waals surface area contributed by atoms with Gasteiger partial charge in [-0.2, -0.15) is 0 Å². The summed E-state index contributed by atoms with van der Waals surface area (Å²) in [7, 11) is 5.67. The van der Waals surface area contributed by atoms with E-state index >= 15 is 0 Å². The number of rotatable bonds is 4. The van der Waals surface area contributed by atoms with E-state index in [2.05, 4.69) is 11.7 Å². The summed E-state index contributed by atoms with van der Waals surface area (Å²) >= 11 is 13.7. The summed E-state index contributed by atoms with van der Waals surface area (Å²) < 4.78 is 4.85. The molecule has 0 rings (SSSR count). The summed E-state index contributed by atoms with van der Waals surface area (Å²) in [6.45, 7) is -1.71. The Bertz CT molecular complexity index is 144. The third kappa shape index (κ3) is 6.54. The average molecular weight is 257 g/mol. The Kier molecular flexibility index (Phi) is 7.13. The van der Waals surface area contributed by atoms with Crippen molar-refractivity contribution in [3.63, 3.8) is 0 Å². The van der Waals surface area contributed by atoms with Gasteiger partial charge in [0.05, 0.1) is 13.6 Å². The first-order valence-corrected chi connectivity index (χ1v) is 10.1. The van der Waals surface area contributed by atoms with E-state index in [1.807, 2.05) is 0 Å². The molecule has 0 saturated heterocycles. The van der Waals surface area contributed by atoms with Crippen molar-refractivity contribution in [2.45, 2.75) is 0 Å². The highest BCUT2D eigenvalue weighted by atomic mass is 33.9. The van der Waals surface area contributed by atoms with E-state index in [-0.39, 0.29) is 0 Å². The lowest BCUT2D eigenvalue weighted by Gasteiger charge is -2.01. The molecule has 0 fully saturated rings. The normalized spacial score (nSPS) is 11.8. The summed E-state index contributed by atoms with van der Waals surface area (Å²) in [6, 6.07) is 0. The van der Waals surface area contributed by atoms with Crippen LogP contribution in [0.1, 0.15) is 0 Å². The lowest BCUT2D eigenvalue weighted by Crippen LogP contribution is -1.87. The Balaban J connectivity index is 3.61. The largest absolute Gasteiger partial charge is 0.305 e. The lowest BCUT2D eigenvalue weighted by atomic mass is 11.8. The van der Waals surface area contributed by atoms with Crippen molar-refractivity contribution in [3.8, 4) is 0 Å². The minimum atomic E-state index is -1.71. The summed E-state index contributed by atoms with van der Waals surface area (Å²) in [4.78, 5) is 0. The SMILES string of the molecule is COS(=S)(=S)SSSS. The highest BCUT2D eigenvalue weighted by Crippen LogP contribution is 2.41. The third-order valence-electron chi connectivity index (χ3n) is 0.346. The maximum Gasteiger partial charge on any atom is 0.0817 e. The van der Waals surface area contributed by atoms with Crippen molar-refractivity contribution in [1.82, 2.24) is 0 Å². The van der Waals surface area contributed by atoms with Gasteiger partial charge in [-0.1, -0.05) is 11.7 Å². The standard InChI is InChI=1S/CH4OS7/c1-2-9(4,5)8-7-6-3/h3H,1H3. The molecule has 0 aliphatic heterocycles. The van der Waals surface area contributed by atoms with Gasteiger partial charge in [-0.15, -0.1) is 0 Å². The fraction of sp³-hybridized carbons (Fsp3) is 1.00. The number of hydrogen-bond acceptors (Lipinski definition) is 7. The molecule has 0 radical (unpaired) electrons. The van der Waals surface area contributed by atoms with Crippen molar-refractivity contribution in [2.24, 2.45) is 0 Å². The van der Waals surface area contributed by atoms with E-state index in [0.29, 0.717) is 0 Å². The van der Waals surface area contributed by atoms with Gasteiger partial charge in [0, 0.05) is 19.7 Å². The molecule has 0 aliphatic rings. The molecular weight excluding hydrogens is 252 g/mol. The molecule has 0 spiro atoms. The van der Waals surface area contributed by atoms with Crippen LogP contribution in [0, 0.1) is 0 Å². The Morgan fingerprint density at radius 1 is 1.56 bits per heavy atom. The zero-order valence-corrected chi connectivity index (χ0v) is 10.1. The second-order valence-electron chi connectivity index (χ2n) is 0.786. The predicted molar refractivity (Wildman–Crippen MR) is 60.9 cm³/mol. The van der Waals surface area contributed by atoms with Gasteiger partial charge in [-0.05, 0) is 32.2 Å². The first-order chi connectivity index (χ1) is 4.12. The molecule has 8 heteroatoms. The maximum atomic E-state index is 4.88. The minimum Gasteiger partial charge on any atom is -0.305 e. The zero-order valence-electron chi connectivity index (χ0n) is 4.30. The van der Waals surface area contributed by atoms with Crippen LogP contribution in [-0.2, 0) is 33.0 Å². The lowest BCUT2D eigenvalue weighted by molar-refractivity contribution is 0.491. The van der Waals surface area contributed by atoms with Crippen LogP contribution in [0.4, 0.5) is 0 Å². The molecule has 0 amide bonds. The van der Waals surface area contributed by atoms with Crippen LogP contribution in [0.5, 0.6) is 0 Å². The van der Waals surface area contributed by atoms with Crippen LogP contribution in [-0.4, -0.2) is 7.11 Å². The first kappa shape index (κ1) is 11.2. The highest BCUT2D eigenvalue weighted by molar-refractivity contribution is 9.37. The molecular formula is CH4OS7. The second kappa shape index (κ2) is 5.76. The van der Waals surface area contributed by atoms with Gasteiger partial charge in [0.2, 0.25) is 0 Å². The third-order valence-corrected chi connectivity index (χ3v) is 11.8. The van der Waals surface area contributed by atoms with Crippen LogP contribution in [0.3, 0.4) is 0 Å². The van der Waals surface area contributed by atoms with Crippen molar-refractivity contribution in [3.05, 3.63) is 0 Å². The molecule has 0 aromatic heterocycles. The first-order valence-electron chi connectivity index (χ1n) is 1.59. The molecule has 0 bridgehead atoms. The van der Waals surface area contributed by atoms with Crippen molar-refractivity contribution < 1.29 is 4.18 Å². The van der Waals surface area contributed by atoms with Crippen LogP contribution in [0.25, 0.3) is 0 Å². The topological polar surface area (TPSA) is 9.23 Å². The molecule has 0 aliphatic carbocycles. The van der Waals surface area contributed by atoms with E-state index in [1.54, 1.807) is 0 Å². The molecule has 9 heavy (non-hydrogen) atoms. The van der Waals surface area contributed by atoms with E-state index in [9.17, 15) is 0 Å². The molecule has 0 unspecified atom stereocenters. The molecule has 0 saturated carbocycles. The molecule has 0 aromatic rings. The van der Waals surface area contributed by atoms with Gasteiger partial charge in [0.25, 0.3) is 0 Å². The van der Waals surface area contributed by atoms with Crippen LogP contribution < -0.4 is 0 Å². The smallest absolute Gasteiger partial charge is 0.0817 e. The van der Waals surface area contributed by atoms with Gasteiger partial charge >= 0.3 is 0 Å². The van der Waals surface area contributed by atoms with Gasteiger partial charge in [-0.3, -0.25) is 0 Å². The molecule has 0 heterocycles. The monoisotopic (exact) mass is 256 g/mol. The quantitative estimate of drug-likeness (QED) is 0.607. The zero-order chi connectivity index (χ0) is 7.33. The highest BCUT2D eigenvalue weighted by Gasteiger charge is 1.99. The minimum absolute atomic E-state index is 1.33. The van der Waals surface area contributed by atoms with Gasteiger partial charge in [0.15, 0.2) is 0 Å². The van der Waals surface area contributed by atoms with E-state index in [4.69, 9.17) is 26.6 Å². The Morgan fingerprint density at radius 3 is 2.44 bits per heavy atom. The Morgan fingerprint density at radius 2 is 2.11 bits per heavy atom. The van der Waals surface area contributed by atoms with Gasteiger partial charge in [-0.25, -0.2) is 0 Å². The molecule has 0 N–H and O–H groups in total. The molecule has 56 valence electrons. The summed E-state index contributed by atoms with van der Waals surface area (Å²) in [5.41, 5.74) is 0. The summed E-state index contributed by atoms with van der Waals surface area (Å²) in [5.74, 6) is 0. The van der Waals surface area contributed by atoms with E-state index < -0.39 is 6.46 Å². The van der Waals surface area contributed by atoms with Crippen molar-refractivity contribution in [1.29, 1.82) is 0 Å². The average Bonchev–Trinajstić information content (AvgIpc) is 1.84. The fourth-order valence-corrected chi connectivity index (χ4v) is 10.2. The van der Waals surface area contributed by atoms with E-state index in [0.717, 1.165) is 0 Å². The van der Waals surface area contributed by atoms with Crippen LogP contribution >= 0.6 is 41.1 Å². The fourth-order valence-electron chi connectivity index (χ4n) is 0.0742. The van der Waals surface area contributed by atoms with E-state index in [1.165, 1.54) is 36.6 Å². The summed E-state index contributed by atoms with van der Waals surface area (Å²) in [5, 5.41) is 0. The predicted octanol–water partition coefficient (Wildman–Crippen LogP) is 2.42. The van der Waals surface area contributed by atoms with Crippen LogP contribution in [0.15, 0.2) is 0 Å². The van der Waals surface area contributed by atoms with Gasteiger partial charge in [0.1, 0.15) is 0 Å². The number of thiol groups is 1. The Hall–Kier alpha value is 2.15. The number of hydrogen-bond donors (Lipinski definition) is 1. The molecule has 0 atom stereocenters. The molecule has 1 nitrogen and oxygen atoms in total. The maximum absolute atomic E-state index is 4.88. The van der Waals surface area contributed by atoms with Crippen molar-refractivity contribution in [2.75, 3.05) is 7.11 Å². The molecule has 0 aromatic carbocycles. The summed E-state index contributed by atoms with van der Waals surface area (Å²) in [6.07, 6.45) is 0. The van der Waals surface area contributed by atoms with Crippen molar-refractivity contribution >= 4 is 70.0 Å².